The lowest BCUT2D eigenvalue weighted by atomic mass is 10.3. The van der Waals surface area contributed by atoms with Crippen molar-refractivity contribution >= 4 is 17.3 Å². The standard InChI is InChI=1S/C6H2ClN3O3/c7-6-5-4(8-2-9-5)3(1-13-6)10(11)12/h1-2H. The summed E-state index contributed by atoms with van der Waals surface area (Å²) < 4.78 is 4.71. The van der Waals surface area contributed by atoms with Crippen LogP contribution in [0.4, 0.5) is 5.69 Å². The zero-order valence-corrected chi connectivity index (χ0v) is 6.85. The van der Waals surface area contributed by atoms with E-state index in [-0.39, 0.29) is 22.3 Å². The molecular formula is C6H2ClN3O3. The molecule has 0 aliphatic carbocycles. The van der Waals surface area contributed by atoms with E-state index in [9.17, 15) is 10.1 Å². The molecule has 0 aromatic rings. The number of halogens is 1. The Kier molecular flexibility index (Phi) is 1.63. The van der Waals surface area contributed by atoms with E-state index in [4.69, 9.17) is 16.0 Å². The number of fused-ring (bicyclic) bond motifs is 1. The zero-order valence-electron chi connectivity index (χ0n) is 6.10. The third-order valence-electron chi connectivity index (χ3n) is 1.50. The largest absolute Gasteiger partial charge is 0.443 e. The molecule has 2 rings (SSSR count). The van der Waals surface area contributed by atoms with E-state index in [1.807, 2.05) is 0 Å². The fourth-order valence-electron chi connectivity index (χ4n) is 0.947. The monoisotopic (exact) mass is 199 g/mol. The van der Waals surface area contributed by atoms with Crippen molar-refractivity contribution in [1.29, 1.82) is 0 Å². The second-order valence-electron chi connectivity index (χ2n) is 2.22. The van der Waals surface area contributed by atoms with E-state index in [1.165, 1.54) is 6.33 Å². The van der Waals surface area contributed by atoms with Gasteiger partial charge in [-0.05, 0) is 11.6 Å². The lowest BCUT2D eigenvalue weighted by Crippen LogP contribution is -1.92. The molecule has 0 atom stereocenters. The quantitative estimate of drug-likeness (QED) is 0.516. The highest BCUT2D eigenvalue weighted by Gasteiger charge is 2.24. The molecule has 0 fully saturated rings. The van der Waals surface area contributed by atoms with Gasteiger partial charge < -0.3 is 4.42 Å². The van der Waals surface area contributed by atoms with Gasteiger partial charge in [0.05, 0.1) is 4.92 Å². The topological polar surface area (TPSA) is 82.1 Å². The Morgan fingerprint density at radius 3 is 2.85 bits per heavy atom. The van der Waals surface area contributed by atoms with Gasteiger partial charge in [0.25, 0.3) is 0 Å². The molecule has 7 heteroatoms. The van der Waals surface area contributed by atoms with Gasteiger partial charge in [-0.1, -0.05) is 0 Å². The minimum atomic E-state index is -0.600. The predicted octanol–water partition coefficient (Wildman–Crippen LogP) is 1.74. The van der Waals surface area contributed by atoms with Crippen molar-refractivity contribution in [3.05, 3.63) is 27.9 Å². The Bertz CT molecular complexity index is 441. The number of hydrogen-bond donors (Lipinski definition) is 0. The number of nitrogens with zero attached hydrogens (tertiary/aromatic N) is 3. The van der Waals surface area contributed by atoms with Gasteiger partial charge in [-0.2, -0.15) is 0 Å². The molecule has 2 heterocycles. The van der Waals surface area contributed by atoms with Gasteiger partial charge in [-0.25, -0.2) is 9.97 Å². The summed E-state index contributed by atoms with van der Waals surface area (Å²) in [7, 11) is 0. The summed E-state index contributed by atoms with van der Waals surface area (Å²) in [5.74, 6) is 0. The zero-order chi connectivity index (χ0) is 9.42. The molecule has 0 aromatic carbocycles. The van der Waals surface area contributed by atoms with Crippen LogP contribution < -0.4 is 0 Å². The fraction of sp³-hybridized carbons (Fsp3) is 0. The summed E-state index contributed by atoms with van der Waals surface area (Å²) in [6.07, 6.45) is 2.14. The van der Waals surface area contributed by atoms with Gasteiger partial charge in [0.1, 0.15) is 6.33 Å². The average Bonchev–Trinajstić information content (AvgIpc) is 2.53. The van der Waals surface area contributed by atoms with Crippen LogP contribution >= 0.6 is 11.6 Å². The third kappa shape index (κ3) is 1.11. The van der Waals surface area contributed by atoms with E-state index >= 15 is 0 Å². The smallest absolute Gasteiger partial charge is 0.332 e. The van der Waals surface area contributed by atoms with Crippen LogP contribution in [0.2, 0.25) is 5.22 Å². The molecule has 6 nitrogen and oxygen atoms in total. The van der Waals surface area contributed by atoms with Crippen molar-refractivity contribution in [2.24, 2.45) is 0 Å². The summed E-state index contributed by atoms with van der Waals surface area (Å²) in [5, 5.41) is 10.5. The normalized spacial score (nSPS) is 10.5. The molecule has 0 saturated carbocycles. The van der Waals surface area contributed by atoms with E-state index in [0.717, 1.165) is 6.26 Å². The SMILES string of the molecule is O=[N+]([O-])c1coc(Cl)c2ncnc1-2. The second kappa shape index (κ2) is 2.67. The summed E-state index contributed by atoms with van der Waals surface area (Å²) >= 11 is 5.58. The Labute approximate surface area is 76.7 Å². The summed E-state index contributed by atoms with van der Waals surface area (Å²) in [6.45, 7) is 0. The first kappa shape index (κ1) is 7.93. The highest BCUT2D eigenvalue weighted by molar-refractivity contribution is 6.31. The summed E-state index contributed by atoms with van der Waals surface area (Å²) in [6, 6.07) is 0. The van der Waals surface area contributed by atoms with Crippen LogP contribution in [0.15, 0.2) is 17.0 Å². The molecule has 0 aromatic heterocycles. The fourth-order valence-corrected chi connectivity index (χ4v) is 1.13. The van der Waals surface area contributed by atoms with Crippen molar-refractivity contribution in [2.45, 2.75) is 0 Å². The van der Waals surface area contributed by atoms with Gasteiger partial charge in [-0.15, -0.1) is 0 Å². The lowest BCUT2D eigenvalue weighted by molar-refractivity contribution is -0.385. The van der Waals surface area contributed by atoms with Crippen LogP contribution in [0, 0.1) is 10.1 Å². The van der Waals surface area contributed by atoms with Gasteiger partial charge in [-0.3, -0.25) is 10.1 Å². The number of rotatable bonds is 1. The first-order chi connectivity index (χ1) is 6.20. The summed E-state index contributed by atoms with van der Waals surface area (Å²) in [5.41, 5.74) is 0.106. The van der Waals surface area contributed by atoms with Crippen molar-refractivity contribution in [3.8, 4) is 11.4 Å². The first-order valence-electron chi connectivity index (χ1n) is 3.22. The van der Waals surface area contributed by atoms with E-state index in [0.29, 0.717) is 0 Å². The van der Waals surface area contributed by atoms with Crippen LogP contribution in [-0.2, 0) is 0 Å². The molecule has 66 valence electrons. The Morgan fingerprint density at radius 2 is 2.15 bits per heavy atom. The number of aromatic nitrogens is 2. The van der Waals surface area contributed by atoms with E-state index < -0.39 is 4.92 Å². The molecule has 0 unspecified atom stereocenters. The summed E-state index contributed by atoms with van der Waals surface area (Å²) in [4.78, 5) is 17.3. The predicted molar refractivity (Wildman–Crippen MR) is 42.6 cm³/mol. The molecular weight excluding hydrogens is 198 g/mol. The highest BCUT2D eigenvalue weighted by atomic mass is 35.5. The molecule has 2 aliphatic heterocycles. The highest BCUT2D eigenvalue weighted by Crippen LogP contribution is 2.33. The number of nitro groups is 1. The lowest BCUT2D eigenvalue weighted by Gasteiger charge is -1.97. The van der Waals surface area contributed by atoms with Crippen LogP contribution in [0.3, 0.4) is 0 Å². The number of hydrogen-bond acceptors (Lipinski definition) is 5. The van der Waals surface area contributed by atoms with Crippen molar-refractivity contribution < 1.29 is 9.34 Å². The Morgan fingerprint density at radius 1 is 1.46 bits per heavy atom. The van der Waals surface area contributed by atoms with Crippen LogP contribution in [-0.4, -0.2) is 14.9 Å². The molecule has 0 radical (unpaired) electrons. The first-order valence-corrected chi connectivity index (χ1v) is 3.60. The van der Waals surface area contributed by atoms with Gasteiger partial charge >= 0.3 is 5.69 Å². The molecule has 0 N–H and O–H groups in total. The molecule has 0 spiro atoms. The molecule has 0 saturated heterocycles. The minimum absolute atomic E-state index is 0.00176. The maximum Gasteiger partial charge on any atom is 0.332 e. The maximum atomic E-state index is 10.5. The second-order valence-corrected chi connectivity index (χ2v) is 2.57. The minimum Gasteiger partial charge on any atom is -0.443 e. The number of imidazole rings is 1. The van der Waals surface area contributed by atoms with Gasteiger partial charge in [0.15, 0.2) is 17.7 Å². The molecule has 0 bridgehead atoms. The molecule has 13 heavy (non-hydrogen) atoms. The Hall–Kier alpha value is -1.69. The molecule has 2 aliphatic rings. The van der Waals surface area contributed by atoms with Crippen LogP contribution in [0.5, 0.6) is 0 Å². The van der Waals surface area contributed by atoms with Crippen LogP contribution in [0.25, 0.3) is 11.4 Å². The van der Waals surface area contributed by atoms with E-state index in [2.05, 4.69) is 9.97 Å². The maximum absolute atomic E-state index is 10.5. The van der Waals surface area contributed by atoms with Crippen LogP contribution in [0.1, 0.15) is 0 Å². The average molecular weight is 200 g/mol. The van der Waals surface area contributed by atoms with Crippen molar-refractivity contribution in [3.63, 3.8) is 0 Å². The van der Waals surface area contributed by atoms with Gasteiger partial charge in [0, 0.05) is 0 Å². The Balaban J connectivity index is 2.75. The van der Waals surface area contributed by atoms with Crippen molar-refractivity contribution in [2.75, 3.05) is 0 Å². The molecule has 0 amide bonds. The third-order valence-corrected chi connectivity index (χ3v) is 1.77. The van der Waals surface area contributed by atoms with E-state index in [1.54, 1.807) is 0 Å². The van der Waals surface area contributed by atoms with Crippen molar-refractivity contribution in [1.82, 2.24) is 9.97 Å². The van der Waals surface area contributed by atoms with Gasteiger partial charge in [0.2, 0.25) is 5.22 Å².